The van der Waals surface area contributed by atoms with Crippen molar-refractivity contribution in [3.63, 3.8) is 0 Å². The zero-order valence-corrected chi connectivity index (χ0v) is 12.7. The van der Waals surface area contributed by atoms with Crippen LogP contribution in [0.1, 0.15) is 5.82 Å². The van der Waals surface area contributed by atoms with Crippen molar-refractivity contribution >= 4 is 33.2 Å². The average molecular weight is 336 g/mol. The fourth-order valence-corrected chi connectivity index (χ4v) is 2.80. The van der Waals surface area contributed by atoms with Crippen molar-refractivity contribution < 1.29 is 13.2 Å². The molecule has 0 amide bonds. The molecule has 0 atom stereocenters. The van der Waals surface area contributed by atoms with Gasteiger partial charge in [-0.15, -0.1) is 0 Å². The van der Waals surface area contributed by atoms with Crippen molar-refractivity contribution in [2.24, 2.45) is 12.2 Å². The summed E-state index contributed by atoms with van der Waals surface area (Å²) in [5.41, 5.74) is 0. The molecule has 1 aromatic heterocycles. The Kier molecular flexibility index (Phi) is 4.24. The summed E-state index contributed by atoms with van der Waals surface area (Å²) in [5.74, 6) is 0.858. The van der Waals surface area contributed by atoms with Crippen LogP contribution in [-0.4, -0.2) is 18.0 Å². The SMILES string of the molecule is Cn1ccnc1COc1c(Cl)cc(S(N)(=O)=O)cc1Cl. The lowest BCUT2D eigenvalue weighted by atomic mass is 10.3. The Hall–Kier alpha value is -1.28. The van der Waals surface area contributed by atoms with E-state index < -0.39 is 10.0 Å². The second kappa shape index (κ2) is 5.61. The van der Waals surface area contributed by atoms with E-state index >= 15 is 0 Å². The first-order valence-electron chi connectivity index (χ1n) is 5.40. The Labute approximate surface area is 126 Å². The third kappa shape index (κ3) is 3.24. The monoisotopic (exact) mass is 335 g/mol. The summed E-state index contributed by atoms with van der Waals surface area (Å²) in [7, 11) is -2.05. The van der Waals surface area contributed by atoms with Crippen LogP contribution in [0.15, 0.2) is 29.4 Å². The van der Waals surface area contributed by atoms with Gasteiger partial charge in [0.1, 0.15) is 12.4 Å². The van der Waals surface area contributed by atoms with Crippen molar-refractivity contribution in [2.75, 3.05) is 0 Å². The molecule has 1 heterocycles. The summed E-state index contributed by atoms with van der Waals surface area (Å²) in [6.45, 7) is 0.150. The maximum Gasteiger partial charge on any atom is 0.238 e. The molecule has 0 aliphatic carbocycles. The minimum atomic E-state index is -3.87. The van der Waals surface area contributed by atoms with E-state index in [9.17, 15) is 8.42 Å². The highest BCUT2D eigenvalue weighted by Gasteiger charge is 2.16. The quantitative estimate of drug-likeness (QED) is 0.924. The number of primary sulfonamides is 1. The molecule has 0 aliphatic rings. The van der Waals surface area contributed by atoms with Crippen LogP contribution in [0.2, 0.25) is 10.0 Å². The van der Waals surface area contributed by atoms with Gasteiger partial charge in [-0.3, -0.25) is 0 Å². The summed E-state index contributed by atoms with van der Waals surface area (Å²) in [6, 6.07) is 2.38. The molecule has 20 heavy (non-hydrogen) atoms. The molecule has 6 nitrogen and oxygen atoms in total. The van der Waals surface area contributed by atoms with E-state index in [2.05, 4.69) is 4.98 Å². The van der Waals surface area contributed by atoms with Crippen molar-refractivity contribution in [1.29, 1.82) is 0 Å². The Morgan fingerprint density at radius 1 is 1.35 bits per heavy atom. The number of hydrogen-bond donors (Lipinski definition) is 1. The number of halogens is 2. The molecule has 0 aliphatic heterocycles. The number of nitrogens with zero attached hydrogens (tertiary/aromatic N) is 2. The van der Waals surface area contributed by atoms with Gasteiger partial charge in [0.25, 0.3) is 0 Å². The lowest BCUT2D eigenvalue weighted by Crippen LogP contribution is -2.12. The molecule has 0 saturated carbocycles. The third-order valence-electron chi connectivity index (χ3n) is 2.57. The predicted molar refractivity (Wildman–Crippen MR) is 75.4 cm³/mol. The van der Waals surface area contributed by atoms with Crippen LogP contribution in [0, 0.1) is 0 Å². The number of aromatic nitrogens is 2. The van der Waals surface area contributed by atoms with Gasteiger partial charge in [-0.25, -0.2) is 18.5 Å². The first-order chi connectivity index (χ1) is 9.29. The van der Waals surface area contributed by atoms with Gasteiger partial charge < -0.3 is 9.30 Å². The van der Waals surface area contributed by atoms with Crippen LogP contribution < -0.4 is 9.88 Å². The highest BCUT2D eigenvalue weighted by Crippen LogP contribution is 2.35. The van der Waals surface area contributed by atoms with Crippen LogP contribution in [0.3, 0.4) is 0 Å². The van der Waals surface area contributed by atoms with Crippen LogP contribution in [0.4, 0.5) is 0 Å². The minimum Gasteiger partial charge on any atom is -0.483 e. The fraction of sp³-hybridized carbons (Fsp3) is 0.182. The number of ether oxygens (including phenoxy) is 1. The minimum absolute atomic E-state index is 0.0655. The normalized spacial score (nSPS) is 11.6. The molecule has 0 bridgehead atoms. The highest BCUT2D eigenvalue weighted by atomic mass is 35.5. The van der Waals surface area contributed by atoms with Gasteiger partial charge in [0.15, 0.2) is 5.75 Å². The molecule has 9 heteroatoms. The van der Waals surface area contributed by atoms with Gasteiger partial charge in [-0.1, -0.05) is 23.2 Å². The maximum atomic E-state index is 11.2. The largest absolute Gasteiger partial charge is 0.483 e. The maximum absolute atomic E-state index is 11.2. The van der Waals surface area contributed by atoms with Gasteiger partial charge in [-0.2, -0.15) is 0 Å². The Balaban J connectivity index is 2.27. The number of sulfonamides is 1. The number of benzene rings is 1. The smallest absolute Gasteiger partial charge is 0.238 e. The molecular weight excluding hydrogens is 325 g/mol. The molecule has 2 N–H and O–H groups in total. The summed E-state index contributed by atoms with van der Waals surface area (Å²) in [5, 5.41) is 5.15. The van der Waals surface area contributed by atoms with Crippen molar-refractivity contribution in [3.8, 4) is 5.75 Å². The Bertz CT molecular complexity index is 720. The van der Waals surface area contributed by atoms with Gasteiger partial charge in [-0.05, 0) is 12.1 Å². The number of aryl methyl sites for hydroxylation is 1. The topological polar surface area (TPSA) is 87.2 Å². The van der Waals surface area contributed by atoms with Crippen LogP contribution in [0.25, 0.3) is 0 Å². The van der Waals surface area contributed by atoms with E-state index in [4.69, 9.17) is 33.1 Å². The molecule has 0 saturated heterocycles. The van der Waals surface area contributed by atoms with Crippen LogP contribution in [0.5, 0.6) is 5.75 Å². The van der Waals surface area contributed by atoms with Crippen molar-refractivity contribution in [2.45, 2.75) is 11.5 Å². The molecule has 108 valence electrons. The number of rotatable bonds is 4. The van der Waals surface area contributed by atoms with Crippen LogP contribution in [-0.2, 0) is 23.7 Å². The Morgan fingerprint density at radius 3 is 2.40 bits per heavy atom. The van der Waals surface area contributed by atoms with Gasteiger partial charge in [0.2, 0.25) is 10.0 Å². The zero-order chi connectivity index (χ0) is 14.9. The average Bonchev–Trinajstić information content (AvgIpc) is 2.72. The summed E-state index contributed by atoms with van der Waals surface area (Å²) in [6.07, 6.45) is 3.40. The molecule has 0 unspecified atom stereocenters. The van der Waals surface area contributed by atoms with E-state index in [0.717, 1.165) is 0 Å². The van der Waals surface area contributed by atoms with E-state index in [1.165, 1.54) is 12.1 Å². The van der Waals surface area contributed by atoms with Gasteiger partial charge >= 0.3 is 0 Å². The lowest BCUT2D eigenvalue weighted by molar-refractivity contribution is 0.292. The van der Waals surface area contributed by atoms with Crippen LogP contribution >= 0.6 is 23.2 Å². The second-order valence-corrected chi connectivity index (χ2v) is 6.38. The molecule has 1 aromatic carbocycles. The first kappa shape index (κ1) is 15.1. The fourth-order valence-electron chi connectivity index (χ4n) is 1.51. The molecule has 2 aromatic rings. The van der Waals surface area contributed by atoms with E-state index in [-0.39, 0.29) is 27.3 Å². The van der Waals surface area contributed by atoms with E-state index in [0.29, 0.717) is 5.82 Å². The zero-order valence-electron chi connectivity index (χ0n) is 10.4. The van der Waals surface area contributed by atoms with E-state index in [1.807, 2.05) is 7.05 Å². The van der Waals surface area contributed by atoms with E-state index in [1.54, 1.807) is 17.0 Å². The van der Waals surface area contributed by atoms with Gasteiger partial charge in [0, 0.05) is 19.4 Å². The van der Waals surface area contributed by atoms with Gasteiger partial charge in [0.05, 0.1) is 14.9 Å². The predicted octanol–water partition coefficient (Wildman–Crippen LogP) is 1.95. The lowest BCUT2D eigenvalue weighted by Gasteiger charge is -2.11. The first-order valence-corrected chi connectivity index (χ1v) is 7.70. The molecule has 0 fully saturated rings. The second-order valence-electron chi connectivity index (χ2n) is 4.00. The molecular formula is C11H11Cl2N3O3S. The number of imidazole rings is 1. The summed E-state index contributed by atoms with van der Waals surface area (Å²) in [4.78, 5) is 3.91. The molecule has 0 spiro atoms. The summed E-state index contributed by atoms with van der Waals surface area (Å²) < 4.78 is 29.7. The number of nitrogens with two attached hydrogens (primary N) is 1. The Morgan fingerprint density at radius 2 is 1.95 bits per heavy atom. The standard InChI is InChI=1S/C11H11Cl2N3O3S/c1-16-3-2-15-10(16)6-19-11-8(12)4-7(5-9(11)13)20(14,17)18/h2-5H,6H2,1H3,(H2,14,17,18). The summed E-state index contributed by atoms with van der Waals surface area (Å²) >= 11 is 11.9. The molecule has 0 radical (unpaired) electrons. The highest BCUT2D eigenvalue weighted by molar-refractivity contribution is 7.89. The number of hydrogen-bond acceptors (Lipinski definition) is 4. The third-order valence-corrected chi connectivity index (χ3v) is 4.02. The molecule has 2 rings (SSSR count). The van der Waals surface area contributed by atoms with Crippen molar-refractivity contribution in [3.05, 3.63) is 40.4 Å². The van der Waals surface area contributed by atoms with Crippen molar-refractivity contribution in [1.82, 2.24) is 9.55 Å².